The molecule has 9 nitrogen and oxygen atoms in total. The van der Waals surface area contributed by atoms with E-state index in [0.717, 1.165) is 18.2 Å². The van der Waals surface area contributed by atoms with Crippen LogP contribution in [-0.4, -0.2) is 48.7 Å². The molecule has 0 radical (unpaired) electrons. The summed E-state index contributed by atoms with van der Waals surface area (Å²) in [5.41, 5.74) is 11.7. The van der Waals surface area contributed by atoms with Gasteiger partial charge in [-0.2, -0.15) is 4.31 Å². The molecule has 0 spiro atoms. The molecule has 10 heteroatoms. The van der Waals surface area contributed by atoms with Gasteiger partial charge in [-0.3, -0.25) is 15.0 Å². The lowest BCUT2D eigenvalue weighted by Gasteiger charge is -2.34. The van der Waals surface area contributed by atoms with Gasteiger partial charge in [0.05, 0.1) is 4.92 Å². The first-order valence-electron chi connectivity index (χ1n) is 8.39. The molecule has 1 heterocycles. The maximum atomic E-state index is 12.9. The lowest BCUT2D eigenvalue weighted by atomic mass is 10.2. The molecule has 1 aliphatic heterocycles. The molecule has 0 aromatic heterocycles. The van der Waals surface area contributed by atoms with E-state index < -0.39 is 20.6 Å². The maximum Gasteiger partial charge on any atom is 0.295 e. The number of nitro benzene ring substituents is 1. The predicted molar refractivity (Wildman–Crippen MR) is 102 cm³/mol. The molecule has 27 heavy (non-hydrogen) atoms. The Labute approximate surface area is 157 Å². The SMILES string of the molecule is Nc1cc([N+](=O)[O-])c(N)c(S(=O)(=O)N2CCN(Cc3ccccc3)CC2)c1. The molecular weight excluding hydrogens is 370 g/mol. The minimum atomic E-state index is -3.97. The number of benzene rings is 2. The molecule has 4 N–H and O–H groups in total. The summed E-state index contributed by atoms with van der Waals surface area (Å²) in [6, 6.07) is 12.2. The van der Waals surface area contributed by atoms with E-state index in [-0.39, 0.29) is 29.4 Å². The molecule has 0 bridgehead atoms. The molecule has 0 amide bonds. The highest BCUT2D eigenvalue weighted by molar-refractivity contribution is 7.89. The average Bonchev–Trinajstić information content (AvgIpc) is 2.64. The van der Waals surface area contributed by atoms with E-state index >= 15 is 0 Å². The van der Waals surface area contributed by atoms with Gasteiger partial charge < -0.3 is 11.5 Å². The summed E-state index contributed by atoms with van der Waals surface area (Å²) in [6.07, 6.45) is 0. The first kappa shape index (κ1) is 19.1. The summed E-state index contributed by atoms with van der Waals surface area (Å²) in [4.78, 5) is 12.2. The molecule has 0 aliphatic carbocycles. The summed E-state index contributed by atoms with van der Waals surface area (Å²) >= 11 is 0. The molecule has 3 rings (SSSR count). The molecule has 2 aromatic carbocycles. The van der Waals surface area contributed by atoms with Crippen LogP contribution < -0.4 is 11.5 Å². The summed E-state index contributed by atoms with van der Waals surface area (Å²) in [5, 5.41) is 11.1. The molecule has 144 valence electrons. The Morgan fingerprint density at radius 3 is 2.26 bits per heavy atom. The predicted octanol–water partition coefficient (Wildman–Crippen LogP) is 1.27. The van der Waals surface area contributed by atoms with Crippen LogP contribution in [0.2, 0.25) is 0 Å². The molecule has 0 saturated carbocycles. The Balaban J connectivity index is 1.77. The van der Waals surface area contributed by atoms with Gasteiger partial charge in [-0.15, -0.1) is 0 Å². The fraction of sp³-hybridized carbons (Fsp3) is 0.294. The van der Waals surface area contributed by atoms with E-state index in [1.54, 1.807) is 0 Å². The number of hydrogen-bond donors (Lipinski definition) is 2. The van der Waals surface area contributed by atoms with Crippen LogP contribution in [0.15, 0.2) is 47.4 Å². The first-order valence-corrected chi connectivity index (χ1v) is 9.83. The number of nitrogen functional groups attached to an aromatic ring is 2. The van der Waals surface area contributed by atoms with Gasteiger partial charge in [-0.25, -0.2) is 8.42 Å². The number of nitro groups is 1. The molecule has 1 aliphatic rings. The van der Waals surface area contributed by atoms with E-state index in [9.17, 15) is 18.5 Å². The third-order valence-corrected chi connectivity index (χ3v) is 6.48. The second-order valence-corrected chi connectivity index (χ2v) is 8.28. The number of sulfonamides is 1. The van der Waals surface area contributed by atoms with Crippen molar-refractivity contribution in [1.29, 1.82) is 0 Å². The summed E-state index contributed by atoms with van der Waals surface area (Å²) in [7, 11) is -3.97. The molecule has 2 aromatic rings. The second-order valence-electron chi connectivity index (χ2n) is 6.37. The third kappa shape index (κ3) is 4.02. The largest absolute Gasteiger partial charge is 0.398 e. The fourth-order valence-corrected chi connectivity index (χ4v) is 4.70. The summed E-state index contributed by atoms with van der Waals surface area (Å²) in [5.74, 6) is 0. The Morgan fingerprint density at radius 2 is 1.67 bits per heavy atom. The highest BCUT2D eigenvalue weighted by atomic mass is 32.2. The van der Waals surface area contributed by atoms with Crippen molar-refractivity contribution in [2.75, 3.05) is 37.6 Å². The Bertz CT molecular complexity index is 941. The second kappa shape index (κ2) is 7.51. The van der Waals surface area contributed by atoms with Crippen molar-refractivity contribution in [2.45, 2.75) is 11.4 Å². The lowest BCUT2D eigenvalue weighted by Crippen LogP contribution is -2.48. The van der Waals surface area contributed by atoms with Crippen LogP contribution in [0.3, 0.4) is 0 Å². The summed E-state index contributed by atoms with van der Waals surface area (Å²) in [6.45, 7) is 2.39. The first-order chi connectivity index (χ1) is 12.8. The molecular formula is C17H21N5O4S. The molecule has 1 fully saturated rings. The van der Waals surface area contributed by atoms with E-state index in [1.165, 1.54) is 10.4 Å². The van der Waals surface area contributed by atoms with Crippen molar-refractivity contribution < 1.29 is 13.3 Å². The van der Waals surface area contributed by atoms with E-state index in [2.05, 4.69) is 4.90 Å². The van der Waals surface area contributed by atoms with Gasteiger partial charge in [0.15, 0.2) is 0 Å². The van der Waals surface area contributed by atoms with Crippen LogP contribution in [0, 0.1) is 10.1 Å². The lowest BCUT2D eigenvalue weighted by molar-refractivity contribution is -0.384. The number of nitrogens with zero attached hydrogens (tertiary/aromatic N) is 3. The molecule has 0 unspecified atom stereocenters. The van der Waals surface area contributed by atoms with Gasteiger partial charge in [0.2, 0.25) is 10.0 Å². The van der Waals surface area contributed by atoms with Gasteiger partial charge in [-0.1, -0.05) is 30.3 Å². The topological polar surface area (TPSA) is 136 Å². The minimum absolute atomic E-state index is 0.0165. The maximum absolute atomic E-state index is 12.9. The Morgan fingerprint density at radius 1 is 1.04 bits per heavy atom. The van der Waals surface area contributed by atoms with E-state index in [0.29, 0.717) is 13.1 Å². The number of piperazine rings is 1. The Hall–Kier alpha value is -2.69. The Kier molecular flexibility index (Phi) is 5.31. The van der Waals surface area contributed by atoms with Crippen molar-refractivity contribution in [2.24, 2.45) is 0 Å². The van der Waals surface area contributed by atoms with Crippen molar-refractivity contribution in [1.82, 2.24) is 9.21 Å². The highest BCUT2D eigenvalue weighted by Gasteiger charge is 2.32. The third-order valence-electron chi connectivity index (χ3n) is 4.54. The van der Waals surface area contributed by atoms with E-state index in [1.807, 2.05) is 30.3 Å². The zero-order chi connectivity index (χ0) is 19.6. The number of nitrogens with two attached hydrogens (primary N) is 2. The summed E-state index contributed by atoms with van der Waals surface area (Å²) < 4.78 is 27.2. The zero-order valence-electron chi connectivity index (χ0n) is 14.6. The number of anilines is 2. The molecule has 1 saturated heterocycles. The number of rotatable bonds is 5. The number of hydrogen-bond acceptors (Lipinski definition) is 7. The van der Waals surface area contributed by atoms with Crippen molar-refractivity contribution >= 4 is 27.1 Å². The van der Waals surface area contributed by atoms with Crippen molar-refractivity contribution in [3.8, 4) is 0 Å². The minimum Gasteiger partial charge on any atom is -0.398 e. The highest BCUT2D eigenvalue weighted by Crippen LogP contribution is 2.33. The quantitative estimate of drug-likeness (QED) is 0.445. The van der Waals surface area contributed by atoms with Gasteiger partial charge in [0.1, 0.15) is 10.6 Å². The zero-order valence-corrected chi connectivity index (χ0v) is 15.4. The van der Waals surface area contributed by atoms with Gasteiger partial charge in [-0.05, 0) is 11.6 Å². The van der Waals surface area contributed by atoms with Gasteiger partial charge in [0, 0.05) is 44.5 Å². The molecule has 0 atom stereocenters. The fourth-order valence-electron chi connectivity index (χ4n) is 3.11. The monoisotopic (exact) mass is 391 g/mol. The van der Waals surface area contributed by atoms with Crippen LogP contribution in [0.1, 0.15) is 5.56 Å². The normalized spacial score (nSPS) is 16.3. The van der Waals surface area contributed by atoms with Crippen molar-refractivity contribution in [3.05, 3.63) is 58.1 Å². The standard InChI is InChI=1S/C17H21N5O4S/c18-14-10-15(22(23)24)17(19)16(11-14)27(25,26)21-8-6-20(7-9-21)12-13-4-2-1-3-5-13/h1-5,10-11H,6-9,12,18-19H2. The van der Waals surface area contributed by atoms with Crippen LogP contribution in [0.5, 0.6) is 0 Å². The smallest absolute Gasteiger partial charge is 0.295 e. The van der Waals surface area contributed by atoms with Crippen LogP contribution in [0.4, 0.5) is 17.1 Å². The van der Waals surface area contributed by atoms with Crippen LogP contribution in [-0.2, 0) is 16.6 Å². The van der Waals surface area contributed by atoms with Gasteiger partial charge >= 0.3 is 0 Å². The average molecular weight is 391 g/mol. The van der Waals surface area contributed by atoms with Crippen LogP contribution in [0.25, 0.3) is 0 Å². The van der Waals surface area contributed by atoms with Crippen LogP contribution >= 0.6 is 0 Å². The van der Waals surface area contributed by atoms with Gasteiger partial charge in [0.25, 0.3) is 5.69 Å². The van der Waals surface area contributed by atoms with E-state index in [4.69, 9.17) is 11.5 Å². The van der Waals surface area contributed by atoms with Crippen molar-refractivity contribution in [3.63, 3.8) is 0 Å².